The molecule has 5 heteroatoms. The Labute approximate surface area is 47.0 Å². The van der Waals surface area contributed by atoms with E-state index in [1.165, 1.54) is 7.05 Å². The molecule has 0 fully saturated rings. The predicted molar refractivity (Wildman–Crippen MR) is 32.4 cm³/mol. The summed E-state index contributed by atoms with van der Waals surface area (Å²) < 4.78 is 11.8. The minimum atomic E-state index is -1.33. The molecule has 0 aliphatic heterocycles. The van der Waals surface area contributed by atoms with Crippen LogP contribution in [0.1, 0.15) is 0 Å². The van der Waals surface area contributed by atoms with E-state index in [1.807, 2.05) is 0 Å². The highest BCUT2D eigenvalue weighted by Crippen LogP contribution is 1.77. The van der Waals surface area contributed by atoms with Gasteiger partial charge in [0.15, 0.2) is 0 Å². The largest absolute Gasteiger partial charge is 0.123 e. The van der Waals surface area contributed by atoms with E-state index in [0.717, 1.165) is 0 Å². The Morgan fingerprint density at radius 2 is 1.83 bits per heavy atom. The summed E-state index contributed by atoms with van der Waals surface area (Å²) in [5.74, 6) is 0. The summed E-state index contributed by atoms with van der Waals surface area (Å²) in [6.45, 7) is 0. The average Bonchev–Trinajstić information content (AvgIpc) is 1.36. The first-order valence-electron chi connectivity index (χ1n) is 1.18. The normalized spacial score (nSPS) is 10.7. The standard InChI is InChI=1S/CH4FNS3/c1-3(2)6(4)5/h6H,1H3. The van der Waals surface area contributed by atoms with Crippen molar-refractivity contribution in [1.29, 1.82) is 0 Å². The summed E-state index contributed by atoms with van der Waals surface area (Å²) in [6.07, 6.45) is 0. The first-order chi connectivity index (χ1) is 2.64. The number of hydrogen-bond donors (Lipinski definition) is 1. The maximum absolute atomic E-state index is 11.5. The van der Waals surface area contributed by atoms with Crippen LogP contribution in [-0.2, 0) is 30.6 Å². The van der Waals surface area contributed by atoms with Crippen LogP contribution in [0.3, 0.4) is 0 Å². The van der Waals surface area contributed by atoms with Crippen LogP contribution in [0.5, 0.6) is 0 Å². The third-order valence-electron chi connectivity index (χ3n) is 0.225. The summed E-state index contributed by atoms with van der Waals surface area (Å²) in [7, 11) is -0.0983. The highest BCUT2D eigenvalue weighted by molar-refractivity contribution is 8.45. The van der Waals surface area contributed by atoms with E-state index in [9.17, 15) is 4.48 Å². The molecule has 6 heavy (non-hydrogen) atoms. The van der Waals surface area contributed by atoms with Crippen molar-refractivity contribution in [2.75, 3.05) is 7.05 Å². The fourth-order valence-corrected chi connectivity index (χ4v) is 0. The molecule has 1 nitrogen and oxygen atoms in total. The lowest BCUT2D eigenvalue weighted by Crippen LogP contribution is -1.98. The van der Waals surface area contributed by atoms with Crippen molar-refractivity contribution in [2.45, 2.75) is 0 Å². The molecule has 0 N–H and O–H groups in total. The molecule has 0 spiro atoms. The summed E-state index contributed by atoms with van der Waals surface area (Å²) >= 11 is 8.67. The zero-order valence-corrected chi connectivity index (χ0v) is 5.62. The van der Waals surface area contributed by atoms with Gasteiger partial charge in [0.25, 0.3) is 0 Å². The Kier molecular flexibility index (Phi) is 3.10. The van der Waals surface area contributed by atoms with Crippen molar-refractivity contribution < 1.29 is 4.48 Å². The molecule has 0 heterocycles. The van der Waals surface area contributed by atoms with E-state index in [-0.39, 0.29) is 0 Å². The second kappa shape index (κ2) is 2.79. The molecule has 0 aromatic heterocycles. The first-order valence-corrected chi connectivity index (χ1v) is 4.50. The third-order valence-corrected chi connectivity index (χ3v) is 2.03. The van der Waals surface area contributed by atoms with Gasteiger partial charge in [0.2, 0.25) is 0 Å². The summed E-state index contributed by atoms with van der Waals surface area (Å²) in [5.41, 5.74) is 0. The lowest BCUT2D eigenvalue weighted by Gasteiger charge is -1.90. The van der Waals surface area contributed by atoms with Gasteiger partial charge in [-0.2, -0.15) is 0 Å². The fraction of sp³-hybridized carbons (Fsp3) is 1.00. The smallest absolute Gasteiger partial charge is 0.0297 e. The lowest BCUT2D eigenvalue weighted by molar-refractivity contribution is 0.202. The molecule has 38 valence electrons. The summed E-state index contributed by atoms with van der Waals surface area (Å²) in [4.78, 5) is 0. The zero-order chi connectivity index (χ0) is 5.15. The van der Waals surface area contributed by atoms with Crippen LogP contribution in [-0.4, -0.2) is 11.6 Å². The Bertz CT molecular complexity index is 87.0. The van der Waals surface area contributed by atoms with Gasteiger partial charge in [-0.25, -0.2) is 0 Å². The molecule has 0 saturated heterocycles. The molecule has 0 aliphatic carbocycles. The lowest BCUT2D eigenvalue weighted by atomic mass is 11.6. The van der Waals surface area contributed by atoms with Gasteiger partial charge in [0.1, 0.15) is 0 Å². The van der Waals surface area contributed by atoms with Crippen LogP contribution in [0.2, 0.25) is 0 Å². The Hall–Kier alpha value is 0.680. The molecule has 0 radical (unpaired) electrons. The molecule has 0 saturated carbocycles. The van der Waals surface area contributed by atoms with Crippen LogP contribution >= 0.6 is 0 Å². The van der Waals surface area contributed by atoms with Gasteiger partial charge in [-0.3, -0.25) is 0 Å². The third kappa shape index (κ3) is 2.89. The van der Waals surface area contributed by atoms with Crippen LogP contribution in [0, 0.1) is 0 Å². The maximum atomic E-state index is 11.5. The quantitative estimate of drug-likeness (QED) is 0.409. The highest BCUT2D eigenvalue weighted by Gasteiger charge is 1.80. The van der Waals surface area contributed by atoms with E-state index >= 15 is 0 Å². The molecule has 0 aromatic carbocycles. The van der Waals surface area contributed by atoms with E-state index < -0.39 is 8.20 Å². The zero-order valence-electron chi connectivity index (χ0n) is 3.09. The van der Waals surface area contributed by atoms with Crippen molar-refractivity contribution in [1.82, 2.24) is 4.53 Å². The van der Waals surface area contributed by atoms with Crippen molar-refractivity contribution in [2.24, 2.45) is 0 Å². The Morgan fingerprint density at radius 3 is 1.83 bits per heavy atom. The van der Waals surface area contributed by atoms with Crippen LogP contribution in [0.4, 0.5) is 4.48 Å². The van der Waals surface area contributed by atoms with Gasteiger partial charge in [-0.15, -0.1) is 4.48 Å². The highest BCUT2D eigenvalue weighted by atomic mass is 33.1. The van der Waals surface area contributed by atoms with Gasteiger partial charge >= 0.3 is 0 Å². The van der Waals surface area contributed by atoms with Crippen molar-refractivity contribution in [3.8, 4) is 0 Å². The molecule has 0 amide bonds. The summed E-state index contributed by atoms with van der Waals surface area (Å²) in [5, 5.41) is 0. The molecule has 0 unspecified atom stereocenters. The molecule has 0 atom stereocenters. The predicted octanol–water partition coefficient (Wildman–Crippen LogP) is -0.00790. The monoisotopic (exact) mass is 145 g/mol. The SMILES string of the molecule is CN(F)[SH](=S)=S. The van der Waals surface area contributed by atoms with Crippen LogP contribution < -0.4 is 0 Å². The van der Waals surface area contributed by atoms with Gasteiger partial charge in [-0.1, -0.05) is 4.53 Å². The van der Waals surface area contributed by atoms with Gasteiger partial charge in [0.05, 0.1) is 0 Å². The molecular weight excluding hydrogens is 141 g/mol. The minimum Gasteiger partial charge on any atom is -0.123 e. The van der Waals surface area contributed by atoms with Gasteiger partial charge in [0, 0.05) is 7.05 Å². The molecule has 0 aromatic rings. The van der Waals surface area contributed by atoms with Crippen molar-refractivity contribution in [3.05, 3.63) is 0 Å². The number of nitrogens with zero attached hydrogens (tertiary/aromatic N) is 1. The van der Waals surface area contributed by atoms with Crippen molar-refractivity contribution in [3.63, 3.8) is 0 Å². The fourth-order valence-electron chi connectivity index (χ4n) is 0. The molecule has 0 bridgehead atoms. The molecule has 0 aliphatic rings. The number of hydrogen-bond acceptors (Lipinski definition) is 2. The van der Waals surface area contributed by atoms with Gasteiger partial charge in [-0.05, 0) is 30.6 Å². The number of thiol groups is 1. The van der Waals surface area contributed by atoms with E-state index in [2.05, 4.69) is 22.4 Å². The second-order valence-corrected chi connectivity index (χ2v) is 4.48. The number of rotatable bonds is 1. The van der Waals surface area contributed by atoms with E-state index in [4.69, 9.17) is 0 Å². The molecular formula is CH4FNS3. The first kappa shape index (κ1) is 6.68. The van der Waals surface area contributed by atoms with Gasteiger partial charge < -0.3 is 0 Å². The topological polar surface area (TPSA) is 3.24 Å². The second-order valence-electron chi connectivity index (χ2n) is 0.682. The minimum absolute atomic E-state index is 0.361. The van der Waals surface area contributed by atoms with E-state index in [0.29, 0.717) is 4.53 Å². The maximum Gasteiger partial charge on any atom is 0.0297 e. The average molecular weight is 145 g/mol. The Balaban J connectivity index is 3.57. The van der Waals surface area contributed by atoms with E-state index in [1.54, 1.807) is 0 Å². The van der Waals surface area contributed by atoms with Crippen LogP contribution in [0.15, 0.2) is 0 Å². The molecule has 0 rings (SSSR count). The Morgan fingerprint density at radius 1 is 1.67 bits per heavy atom. The summed E-state index contributed by atoms with van der Waals surface area (Å²) in [6, 6.07) is 0. The van der Waals surface area contributed by atoms with Crippen molar-refractivity contribution >= 4 is 30.6 Å². The number of halogens is 1. The van der Waals surface area contributed by atoms with Crippen LogP contribution in [0.25, 0.3) is 0 Å².